The SMILES string of the molecule is CCCCCN(C)c1ccncc1CNCC(C)C. The van der Waals surface area contributed by atoms with Gasteiger partial charge in [0.2, 0.25) is 0 Å². The first-order chi connectivity index (χ1) is 9.15. The molecule has 0 spiro atoms. The van der Waals surface area contributed by atoms with Crippen LogP contribution in [0.3, 0.4) is 0 Å². The first-order valence-corrected chi connectivity index (χ1v) is 7.49. The number of aromatic nitrogens is 1. The van der Waals surface area contributed by atoms with Gasteiger partial charge in [0.25, 0.3) is 0 Å². The molecule has 0 aromatic carbocycles. The molecule has 3 nitrogen and oxygen atoms in total. The standard InChI is InChI=1S/C16H29N3/c1-5-6-7-10-19(4)16-8-9-17-12-15(16)13-18-11-14(2)3/h8-9,12,14,18H,5-7,10-11,13H2,1-4H3. The maximum absolute atomic E-state index is 4.26. The van der Waals surface area contributed by atoms with E-state index in [1.807, 2.05) is 12.4 Å². The summed E-state index contributed by atoms with van der Waals surface area (Å²) in [5.41, 5.74) is 2.60. The van der Waals surface area contributed by atoms with E-state index in [1.165, 1.54) is 30.5 Å². The highest BCUT2D eigenvalue weighted by Gasteiger charge is 2.07. The third-order valence-corrected chi connectivity index (χ3v) is 3.25. The predicted octanol–water partition coefficient (Wildman–Crippen LogP) is 3.45. The van der Waals surface area contributed by atoms with Crippen molar-refractivity contribution >= 4 is 5.69 Å². The monoisotopic (exact) mass is 263 g/mol. The second-order valence-corrected chi connectivity index (χ2v) is 5.66. The third kappa shape index (κ3) is 6.06. The fourth-order valence-corrected chi connectivity index (χ4v) is 2.14. The zero-order chi connectivity index (χ0) is 14.1. The Morgan fingerprint density at radius 1 is 1.32 bits per heavy atom. The van der Waals surface area contributed by atoms with Crippen molar-refractivity contribution in [3.05, 3.63) is 24.0 Å². The van der Waals surface area contributed by atoms with Gasteiger partial charge < -0.3 is 10.2 Å². The first-order valence-electron chi connectivity index (χ1n) is 7.49. The summed E-state index contributed by atoms with van der Waals surface area (Å²) in [5.74, 6) is 0.683. The smallest absolute Gasteiger partial charge is 0.0440 e. The maximum atomic E-state index is 4.26. The predicted molar refractivity (Wildman–Crippen MR) is 83.6 cm³/mol. The highest BCUT2D eigenvalue weighted by Crippen LogP contribution is 2.18. The Bertz CT molecular complexity index is 350. The van der Waals surface area contributed by atoms with Crippen LogP contribution < -0.4 is 10.2 Å². The van der Waals surface area contributed by atoms with Gasteiger partial charge >= 0.3 is 0 Å². The Morgan fingerprint density at radius 3 is 2.79 bits per heavy atom. The highest BCUT2D eigenvalue weighted by atomic mass is 15.1. The molecule has 0 fully saturated rings. The minimum absolute atomic E-state index is 0.683. The molecule has 0 aliphatic carbocycles. The van der Waals surface area contributed by atoms with E-state index in [1.54, 1.807) is 0 Å². The fraction of sp³-hybridized carbons (Fsp3) is 0.688. The lowest BCUT2D eigenvalue weighted by Crippen LogP contribution is -2.24. The van der Waals surface area contributed by atoms with E-state index < -0.39 is 0 Å². The summed E-state index contributed by atoms with van der Waals surface area (Å²) in [6.07, 6.45) is 7.70. The van der Waals surface area contributed by atoms with Gasteiger partial charge in [-0.2, -0.15) is 0 Å². The van der Waals surface area contributed by atoms with E-state index in [4.69, 9.17) is 0 Å². The molecule has 0 atom stereocenters. The molecule has 1 rings (SSSR count). The van der Waals surface area contributed by atoms with Gasteiger partial charge in [-0.1, -0.05) is 33.6 Å². The number of unbranched alkanes of at least 4 members (excludes halogenated alkanes) is 2. The first kappa shape index (κ1) is 16.0. The van der Waals surface area contributed by atoms with Crippen LogP contribution in [-0.2, 0) is 6.54 Å². The van der Waals surface area contributed by atoms with Crippen molar-refractivity contribution in [1.29, 1.82) is 0 Å². The summed E-state index contributed by atoms with van der Waals surface area (Å²) >= 11 is 0. The van der Waals surface area contributed by atoms with Crippen LogP contribution in [-0.4, -0.2) is 25.1 Å². The van der Waals surface area contributed by atoms with Crippen LogP contribution in [0.1, 0.15) is 45.6 Å². The summed E-state index contributed by atoms with van der Waals surface area (Å²) < 4.78 is 0. The van der Waals surface area contributed by atoms with Crippen molar-refractivity contribution in [1.82, 2.24) is 10.3 Å². The van der Waals surface area contributed by atoms with E-state index in [0.717, 1.165) is 19.6 Å². The van der Waals surface area contributed by atoms with Gasteiger partial charge in [0.1, 0.15) is 0 Å². The van der Waals surface area contributed by atoms with Crippen molar-refractivity contribution in [3.8, 4) is 0 Å². The molecule has 1 aromatic heterocycles. The molecule has 19 heavy (non-hydrogen) atoms. The van der Waals surface area contributed by atoms with Gasteiger partial charge in [-0.05, 0) is 24.9 Å². The Kier molecular flexibility index (Phi) is 7.49. The molecule has 0 saturated carbocycles. The van der Waals surface area contributed by atoms with Crippen molar-refractivity contribution in [2.24, 2.45) is 5.92 Å². The fourth-order valence-electron chi connectivity index (χ4n) is 2.14. The molecule has 108 valence electrons. The van der Waals surface area contributed by atoms with Gasteiger partial charge in [-0.3, -0.25) is 4.98 Å². The number of hydrogen-bond acceptors (Lipinski definition) is 3. The lowest BCUT2D eigenvalue weighted by molar-refractivity contribution is 0.551. The molecule has 1 N–H and O–H groups in total. The molecule has 0 bridgehead atoms. The average molecular weight is 263 g/mol. The van der Waals surface area contributed by atoms with Crippen LogP contribution in [0.15, 0.2) is 18.5 Å². The molecule has 0 radical (unpaired) electrons. The molecule has 0 aliphatic heterocycles. The molecule has 3 heteroatoms. The minimum Gasteiger partial charge on any atom is -0.374 e. The van der Waals surface area contributed by atoms with E-state index in [2.05, 4.69) is 49.1 Å². The zero-order valence-corrected chi connectivity index (χ0v) is 12.9. The van der Waals surface area contributed by atoms with Crippen molar-refractivity contribution < 1.29 is 0 Å². The number of nitrogens with one attached hydrogen (secondary N) is 1. The number of anilines is 1. The van der Waals surface area contributed by atoms with E-state index in [0.29, 0.717) is 5.92 Å². The number of pyridine rings is 1. The third-order valence-electron chi connectivity index (χ3n) is 3.25. The molecular formula is C16H29N3. The van der Waals surface area contributed by atoms with Gasteiger partial charge in [0.05, 0.1) is 0 Å². The molecule has 0 unspecified atom stereocenters. The van der Waals surface area contributed by atoms with Crippen molar-refractivity contribution in [3.63, 3.8) is 0 Å². The summed E-state index contributed by atoms with van der Waals surface area (Å²) in [7, 11) is 2.18. The molecular weight excluding hydrogens is 234 g/mol. The van der Waals surface area contributed by atoms with Crippen molar-refractivity contribution in [2.75, 3.05) is 25.0 Å². The summed E-state index contributed by atoms with van der Waals surface area (Å²) in [6, 6.07) is 2.12. The van der Waals surface area contributed by atoms with Crippen LogP contribution in [0.25, 0.3) is 0 Å². The molecule has 0 amide bonds. The average Bonchev–Trinajstić information content (AvgIpc) is 2.39. The molecule has 1 heterocycles. The second kappa shape index (κ2) is 8.92. The quantitative estimate of drug-likeness (QED) is 0.692. The van der Waals surface area contributed by atoms with Crippen molar-refractivity contribution in [2.45, 2.75) is 46.6 Å². The number of nitrogens with zero attached hydrogens (tertiary/aromatic N) is 2. The van der Waals surface area contributed by atoms with Gasteiger partial charge in [0.15, 0.2) is 0 Å². The second-order valence-electron chi connectivity index (χ2n) is 5.66. The van der Waals surface area contributed by atoms with E-state index >= 15 is 0 Å². The Hall–Kier alpha value is -1.09. The van der Waals surface area contributed by atoms with Gasteiger partial charge in [-0.15, -0.1) is 0 Å². The van der Waals surface area contributed by atoms with Crippen LogP contribution in [0.2, 0.25) is 0 Å². The zero-order valence-electron chi connectivity index (χ0n) is 12.9. The maximum Gasteiger partial charge on any atom is 0.0440 e. The normalized spacial score (nSPS) is 11.0. The summed E-state index contributed by atoms with van der Waals surface area (Å²) in [5, 5.41) is 3.50. The summed E-state index contributed by atoms with van der Waals surface area (Å²) in [6.45, 7) is 9.78. The Balaban J connectivity index is 2.56. The molecule has 0 saturated heterocycles. The van der Waals surface area contributed by atoms with Crippen LogP contribution >= 0.6 is 0 Å². The Labute approximate surface area is 118 Å². The minimum atomic E-state index is 0.683. The number of hydrogen-bond donors (Lipinski definition) is 1. The largest absolute Gasteiger partial charge is 0.374 e. The lowest BCUT2D eigenvalue weighted by Gasteiger charge is -2.22. The summed E-state index contributed by atoms with van der Waals surface area (Å²) in [4.78, 5) is 6.61. The highest BCUT2D eigenvalue weighted by molar-refractivity contribution is 5.51. The van der Waals surface area contributed by atoms with Gasteiger partial charge in [-0.25, -0.2) is 0 Å². The van der Waals surface area contributed by atoms with Gasteiger partial charge in [0, 0.05) is 43.8 Å². The lowest BCUT2D eigenvalue weighted by atomic mass is 10.1. The number of rotatable bonds is 9. The van der Waals surface area contributed by atoms with Crippen LogP contribution in [0.5, 0.6) is 0 Å². The topological polar surface area (TPSA) is 28.2 Å². The Morgan fingerprint density at radius 2 is 2.11 bits per heavy atom. The molecule has 1 aromatic rings. The van der Waals surface area contributed by atoms with Crippen LogP contribution in [0, 0.1) is 5.92 Å². The molecule has 0 aliphatic rings. The van der Waals surface area contributed by atoms with E-state index in [-0.39, 0.29) is 0 Å². The van der Waals surface area contributed by atoms with E-state index in [9.17, 15) is 0 Å². The van der Waals surface area contributed by atoms with Crippen LogP contribution in [0.4, 0.5) is 5.69 Å².